The van der Waals surface area contributed by atoms with E-state index in [2.05, 4.69) is 15.4 Å². The Kier molecular flexibility index (Phi) is 5.71. The minimum atomic E-state index is -0.719. The van der Waals surface area contributed by atoms with Crippen molar-refractivity contribution in [2.75, 3.05) is 26.8 Å². The summed E-state index contributed by atoms with van der Waals surface area (Å²) in [6, 6.07) is 4.05. The highest BCUT2D eigenvalue weighted by molar-refractivity contribution is 5.92. The fourth-order valence-corrected chi connectivity index (χ4v) is 1.86. The molecule has 1 aromatic rings. The van der Waals surface area contributed by atoms with Gasteiger partial charge in [-0.15, -0.1) is 0 Å². The van der Waals surface area contributed by atoms with Crippen molar-refractivity contribution >= 4 is 11.9 Å². The predicted molar refractivity (Wildman–Crippen MR) is 77.3 cm³/mol. The second-order valence-corrected chi connectivity index (χ2v) is 5.00. The van der Waals surface area contributed by atoms with Gasteiger partial charge in [0.2, 0.25) is 0 Å². The van der Waals surface area contributed by atoms with Crippen LogP contribution in [0.3, 0.4) is 0 Å². The number of amides is 1. The molecule has 0 bridgehead atoms. The fourth-order valence-electron chi connectivity index (χ4n) is 1.86. The third kappa shape index (κ3) is 5.00. The summed E-state index contributed by atoms with van der Waals surface area (Å²) in [6.07, 6.45) is 2.38. The summed E-state index contributed by atoms with van der Waals surface area (Å²) in [5.41, 5.74) is -0.0503. The van der Waals surface area contributed by atoms with Gasteiger partial charge in [-0.2, -0.15) is 0 Å². The van der Waals surface area contributed by atoms with Gasteiger partial charge < -0.3 is 20.1 Å². The van der Waals surface area contributed by atoms with Crippen LogP contribution in [0.4, 0.5) is 4.39 Å². The Labute approximate surface area is 128 Å². The molecule has 0 radical (unpaired) electrons. The first-order chi connectivity index (χ1) is 10.6. The van der Waals surface area contributed by atoms with Crippen LogP contribution in [0.15, 0.2) is 18.2 Å². The molecule has 0 spiro atoms. The van der Waals surface area contributed by atoms with E-state index in [1.807, 2.05) is 0 Å². The number of carbonyl (C=O) groups is 2. The molecular weight excluding hydrogens is 291 g/mol. The highest BCUT2D eigenvalue weighted by atomic mass is 19.1. The molecule has 0 atom stereocenters. The van der Waals surface area contributed by atoms with Crippen LogP contribution in [0.1, 0.15) is 23.2 Å². The summed E-state index contributed by atoms with van der Waals surface area (Å²) in [5.74, 6) is -1.50. The number of rotatable bonds is 8. The lowest BCUT2D eigenvalue weighted by molar-refractivity contribution is -0.123. The van der Waals surface area contributed by atoms with Crippen molar-refractivity contribution < 1.29 is 23.5 Å². The van der Waals surface area contributed by atoms with Crippen molar-refractivity contribution in [3.63, 3.8) is 0 Å². The third-order valence-corrected chi connectivity index (χ3v) is 3.16. The fraction of sp³-hybridized carbons (Fsp3) is 0.467. The van der Waals surface area contributed by atoms with Gasteiger partial charge in [0, 0.05) is 19.1 Å². The van der Waals surface area contributed by atoms with Crippen molar-refractivity contribution in [2.45, 2.75) is 18.9 Å². The largest absolute Gasteiger partial charge is 0.483 e. The van der Waals surface area contributed by atoms with Crippen molar-refractivity contribution in [3.05, 3.63) is 29.6 Å². The van der Waals surface area contributed by atoms with Gasteiger partial charge in [-0.05, 0) is 31.0 Å². The molecule has 1 aliphatic carbocycles. The van der Waals surface area contributed by atoms with E-state index in [0.717, 1.165) is 12.1 Å². The molecule has 1 aromatic carbocycles. The number of methoxy groups -OCH3 is 1. The summed E-state index contributed by atoms with van der Waals surface area (Å²) in [7, 11) is 1.19. The molecule has 6 nitrogen and oxygen atoms in total. The average Bonchev–Trinajstić information content (AvgIpc) is 3.33. The molecule has 1 amide bonds. The lowest BCUT2D eigenvalue weighted by atomic mass is 10.2. The average molecular weight is 310 g/mol. The SMILES string of the molecule is COC(=O)c1cc(F)ccc1OCC(=O)NCCNC1CC1. The molecule has 2 N–H and O–H groups in total. The second kappa shape index (κ2) is 7.74. The summed E-state index contributed by atoms with van der Waals surface area (Å²) >= 11 is 0. The maximum absolute atomic E-state index is 13.2. The van der Waals surface area contributed by atoms with Crippen LogP contribution in [0.5, 0.6) is 5.75 Å². The Hall–Kier alpha value is -2.15. The zero-order valence-corrected chi connectivity index (χ0v) is 12.4. The molecule has 1 fully saturated rings. The van der Waals surface area contributed by atoms with Crippen molar-refractivity contribution in [3.8, 4) is 5.75 Å². The monoisotopic (exact) mass is 310 g/mol. The molecule has 22 heavy (non-hydrogen) atoms. The molecule has 1 aliphatic rings. The van der Waals surface area contributed by atoms with Gasteiger partial charge in [0.05, 0.1) is 7.11 Å². The van der Waals surface area contributed by atoms with E-state index < -0.39 is 11.8 Å². The molecule has 0 saturated heterocycles. The van der Waals surface area contributed by atoms with E-state index in [9.17, 15) is 14.0 Å². The minimum absolute atomic E-state index is 0.0503. The number of ether oxygens (including phenoxy) is 2. The van der Waals surface area contributed by atoms with E-state index in [0.29, 0.717) is 19.1 Å². The maximum atomic E-state index is 13.2. The summed E-state index contributed by atoms with van der Waals surface area (Å²) < 4.78 is 23.0. The van der Waals surface area contributed by atoms with Crippen molar-refractivity contribution in [1.29, 1.82) is 0 Å². The first-order valence-corrected chi connectivity index (χ1v) is 7.11. The standard InChI is InChI=1S/C15H19FN2O4/c1-21-15(20)12-8-10(16)2-5-13(12)22-9-14(19)18-7-6-17-11-3-4-11/h2,5,8,11,17H,3-4,6-7,9H2,1H3,(H,18,19). The van der Waals surface area contributed by atoms with Crippen LogP contribution in [-0.2, 0) is 9.53 Å². The van der Waals surface area contributed by atoms with Crippen LogP contribution in [-0.4, -0.2) is 44.7 Å². The first-order valence-electron chi connectivity index (χ1n) is 7.11. The molecule has 0 unspecified atom stereocenters. The topological polar surface area (TPSA) is 76.7 Å². The van der Waals surface area contributed by atoms with Crippen molar-refractivity contribution in [1.82, 2.24) is 10.6 Å². The number of hydrogen-bond donors (Lipinski definition) is 2. The van der Waals surface area contributed by atoms with E-state index >= 15 is 0 Å². The third-order valence-electron chi connectivity index (χ3n) is 3.16. The van der Waals surface area contributed by atoms with Crippen LogP contribution in [0.2, 0.25) is 0 Å². The van der Waals surface area contributed by atoms with Gasteiger partial charge in [0.25, 0.3) is 5.91 Å². The Morgan fingerprint density at radius 3 is 2.77 bits per heavy atom. The quantitative estimate of drug-likeness (QED) is 0.550. The van der Waals surface area contributed by atoms with Gasteiger partial charge in [-0.3, -0.25) is 4.79 Å². The Balaban J connectivity index is 1.79. The highest BCUT2D eigenvalue weighted by Crippen LogP contribution is 2.20. The molecule has 1 saturated carbocycles. The zero-order valence-electron chi connectivity index (χ0n) is 12.4. The molecule has 0 aliphatic heterocycles. The van der Waals surface area contributed by atoms with Crippen LogP contribution in [0, 0.1) is 5.82 Å². The Morgan fingerprint density at radius 1 is 1.32 bits per heavy atom. The first kappa shape index (κ1) is 16.2. The number of nitrogens with one attached hydrogen (secondary N) is 2. The highest BCUT2D eigenvalue weighted by Gasteiger charge is 2.19. The molecule has 0 heterocycles. The lowest BCUT2D eigenvalue weighted by Crippen LogP contribution is -2.35. The number of carbonyl (C=O) groups excluding carboxylic acids is 2. The number of halogens is 1. The smallest absolute Gasteiger partial charge is 0.341 e. The Morgan fingerprint density at radius 2 is 2.09 bits per heavy atom. The van der Waals surface area contributed by atoms with E-state index in [1.54, 1.807) is 0 Å². The Bertz CT molecular complexity index is 546. The van der Waals surface area contributed by atoms with Gasteiger partial charge in [-0.1, -0.05) is 0 Å². The van der Waals surface area contributed by atoms with Gasteiger partial charge in [0.15, 0.2) is 6.61 Å². The maximum Gasteiger partial charge on any atom is 0.341 e. The van der Waals surface area contributed by atoms with Gasteiger partial charge in [0.1, 0.15) is 17.1 Å². The number of benzene rings is 1. The van der Waals surface area contributed by atoms with E-state index in [1.165, 1.54) is 26.0 Å². The van der Waals surface area contributed by atoms with Crippen LogP contribution in [0.25, 0.3) is 0 Å². The van der Waals surface area contributed by atoms with E-state index in [-0.39, 0.29) is 23.8 Å². The van der Waals surface area contributed by atoms with Gasteiger partial charge >= 0.3 is 5.97 Å². The zero-order chi connectivity index (χ0) is 15.9. The molecule has 120 valence electrons. The summed E-state index contributed by atoms with van der Waals surface area (Å²) in [6.45, 7) is 0.964. The molecule has 2 rings (SSSR count). The summed E-state index contributed by atoms with van der Waals surface area (Å²) in [4.78, 5) is 23.2. The normalized spacial score (nSPS) is 13.5. The van der Waals surface area contributed by atoms with Crippen LogP contribution < -0.4 is 15.4 Å². The van der Waals surface area contributed by atoms with E-state index in [4.69, 9.17) is 4.74 Å². The minimum Gasteiger partial charge on any atom is -0.483 e. The molecule has 0 aromatic heterocycles. The number of esters is 1. The van der Waals surface area contributed by atoms with Gasteiger partial charge in [-0.25, -0.2) is 9.18 Å². The van der Waals surface area contributed by atoms with Crippen molar-refractivity contribution in [2.24, 2.45) is 0 Å². The predicted octanol–water partition coefficient (Wildman–Crippen LogP) is 0.859. The second-order valence-electron chi connectivity index (χ2n) is 5.00. The van der Waals surface area contributed by atoms with Crippen LogP contribution >= 0.6 is 0 Å². The molecular formula is C15H19FN2O4. The number of hydrogen-bond acceptors (Lipinski definition) is 5. The molecule has 7 heteroatoms. The lowest BCUT2D eigenvalue weighted by Gasteiger charge is -2.11. The summed E-state index contributed by atoms with van der Waals surface area (Å²) in [5, 5.41) is 5.96.